The fourth-order valence-corrected chi connectivity index (χ4v) is 4.72. The van der Waals surface area contributed by atoms with Gasteiger partial charge >= 0.3 is 0 Å². The molecule has 0 atom stereocenters. The maximum Gasteiger partial charge on any atom is 0.287 e. The minimum absolute atomic E-state index is 0.0107. The summed E-state index contributed by atoms with van der Waals surface area (Å²) in [6.07, 6.45) is 0. The van der Waals surface area contributed by atoms with Crippen LogP contribution in [0.2, 0.25) is 5.02 Å². The number of phenols is 2. The monoisotopic (exact) mass is 498 g/mol. The van der Waals surface area contributed by atoms with E-state index in [2.05, 4.69) is 26.9 Å². The highest BCUT2D eigenvalue weighted by Crippen LogP contribution is 2.39. The number of halogens is 1. The van der Waals surface area contributed by atoms with Crippen LogP contribution in [0.1, 0.15) is 48.4 Å². The number of aromatic nitrogens is 3. The first-order valence-electron chi connectivity index (χ1n) is 11.7. The second kappa shape index (κ2) is 10.2. The SMILES string of the molecule is CCN1CCN(Cc2ccc(-n3c(C(N)=O)nnc3-c3cc(C(C)C)c(O)cc3O)c(Cl)c2)CC1. The van der Waals surface area contributed by atoms with Gasteiger partial charge in [-0.05, 0) is 41.8 Å². The van der Waals surface area contributed by atoms with Crippen LogP contribution in [-0.4, -0.2) is 73.4 Å². The van der Waals surface area contributed by atoms with Gasteiger partial charge in [0.2, 0.25) is 5.82 Å². The molecular formula is C25H31ClN6O3. The number of nitrogens with two attached hydrogens (primary N) is 1. The van der Waals surface area contributed by atoms with E-state index in [1.165, 1.54) is 10.6 Å². The number of hydrogen-bond donors (Lipinski definition) is 3. The summed E-state index contributed by atoms with van der Waals surface area (Å²) in [6, 6.07) is 8.53. The smallest absolute Gasteiger partial charge is 0.287 e. The summed E-state index contributed by atoms with van der Waals surface area (Å²) in [4.78, 5) is 17.0. The first-order chi connectivity index (χ1) is 16.7. The second-order valence-corrected chi connectivity index (χ2v) is 9.53. The van der Waals surface area contributed by atoms with Crippen molar-refractivity contribution >= 4 is 17.5 Å². The Bertz CT molecular complexity index is 1230. The minimum atomic E-state index is -0.778. The van der Waals surface area contributed by atoms with Crippen molar-refractivity contribution in [2.45, 2.75) is 33.2 Å². The van der Waals surface area contributed by atoms with Crippen LogP contribution in [0.5, 0.6) is 11.5 Å². The van der Waals surface area contributed by atoms with Gasteiger partial charge in [0.05, 0.1) is 16.3 Å². The van der Waals surface area contributed by atoms with Crippen LogP contribution < -0.4 is 5.73 Å². The zero-order valence-electron chi connectivity index (χ0n) is 20.2. The van der Waals surface area contributed by atoms with Crippen LogP contribution in [0, 0.1) is 0 Å². The molecule has 9 nitrogen and oxygen atoms in total. The molecule has 3 aromatic rings. The van der Waals surface area contributed by atoms with Crippen molar-refractivity contribution in [2.24, 2.45) is 5.73 Å². The number of hydrogen-bond acceptors (Lipinski definition) is 7. The Hall–Kier alpha value is -3.14. The van der Waals surface area contributed by atoms with Crippen LogP contribution in [0.3, 0.4) is 0 Å². The van der Waals surface area contributed by atoms with Gasteiger partial charge in [-0.15, -0.1) is 10.2 Å². The summed E-state index contributed by atoms with van der Waals surface area (Å²) in [7, 11) is 0. The van der Waals surface area contributed by atoms with E-state index in [0.29, 0.717) is 21.8 Å². The van der Waals surface area contributed by atoms with Crippen molar-refractivity contribution in [2.75, 3.05) is 32.7 Å². The molecule has 0 unspecified atom stereocenters. The highest BCUT2D eigenvalue weighted by atomic mass is 35.5. The highest BCUT2D eigenvalue weighted by Gasteiger charge is 2.25. The largest absolute Gasteiger partial charge is 0.508 e. The van der Waals surface area contributed by atoms with Crippen molar-refractivity contribution in [3.05, 3.63) is 52.3 Å². The number of carbonyl (C=O) groups excluding carboxylic acids is 1. The quantitative estimate of drug-likeness (QED) is 0.456. The van der Waals surface area contributed by atoms with Crippen molar-refractivity contribution in [3.8, 4) is 28.6 Å². The number of carbonyl (C=O) groups is 1. The average molecular weight is 499 g/mol. The molecule has 4 N–H and O–H groups in total. The molecule has 1 aromatic heterocycles. The molecule has 2 aromatic carbocycles. The van der Waals surface area contributed by atoms with Crippen molar-refractivity contribution in [1.82, 2.24) is 24.6 Å². The van der Waals surface area contributed by atoms with E-state index in [1.54, 1.807) is 12.1 Å². The molecule has 1 fully saturated rings. The van der Waals surface area contributed by atoms with Gasteiger partial charge < -0.3 is 20.8 Å². The number of piperazine rings is 1. The molecule has 1 aliphatic rings. The van der Waals surface area contributed by atoms with Gasteiger partial charge in [0.25, 0.3) is 5.91 Å². The molecule has 2 heterocycles. The zero-order chi connectivity index (χ0) is 25.3. The summed E-state index contributed by atoms with van der Waals surface area (Å²) in [6.45, 7) is 11.9. The van der Waals surface area contributed by atoms with Crippen molar-refractivity contribution < 1.29 is 15.0 Å². The number of primary amides is 1. The van der Waals surface area contributed by atoms with Crippen LogP contribution in [0.4, 0.5) is 0 Å². The van der Waals surface area contributed by atoms with Crippen LogP contribution in [0.15, 0.2) is 30.3 Å². The fourth-order valence-electron chi connectivity index (χ4n) is 4.43. The molecule has 0 aliphatic carbocycles. The Labute approximate surface area is 209 Å². The van der Waals surface area contributed by atoms with E-state index >= 15 is 0 Å². The lowest BCUT2D eigenvalue weighted by atomic mass is 9.98. The van der Waals surface area contributed by atoms with Gasteiger partial charge in [-0.2, -0.15) is 0 Å². The lowest BCUT2D eigenvalue weighted by Gasteiger charge is -2.34. The van der Waals surface area contributed by atoms with Crippen LogP contribution >= 0.6 is 11.6 Å². The van der Waals surface area contributed by atoms with Crippen molar-refractivity contribution in [3.63, 3.8) is 0 Å². The molecule has 186 valence electrons. The van der Waals surface area contributed by atoms with Crippen LogP contribution in [0.25, 0.3) is 17.1 Å². The Morgan fingerprint density at radius 1 is 1.06 bits per heavy atom. The lowest BCUT2D eigenvalue weighted by Crippen LogP contribution is -2.45. The molecule has 0 bridgehead atoms. The number of likely N-dealkylation sites (N-methyl/N-ethyl adjacent to an activating group) is 1. The summed E-state index contributed by atoms with van der Waals surface area (Å²) in [5.41, 5.74) is 8.04. The number of phenolic OH excluding ortho intramolecular Hbond substituents is 2. The van der Waals surface area contributed by atoms with Gasteiger partial charge in [0.15, 0.2) is 5.82 Å². The summed E-state index contributed by atoms with van der Waals surface area (Å²) < 4.78 is 1.45. The number of rotatable bonds is 7. The predicted molar refractivity (Wildman–Crippen MR) is 135 cm³/mol. The second-order valence-electron chi connectivity index (χ2n) is 9.13. The molecule has 0 saturated carbocycles. The number of benzene rings is 2. The topological polar surface area (TPSA) is 121 Å². The predicted octanol–water partition coefficient (Wildman–Crippen LogP) is 3.36. The van der Waals surface area contributed by atoms with E-state index in [-0.39, 0.29) is 29.1 Å². The molecule has 35 heavy (non-hydrogen) atoms. The minimum Gasteiger partial charge on any atom is -0.508 e. The molecule has 1 amide bonds. The molecule has 1 saturated heterocycles. The van der Waals surface area contributed by atoms with E-state index in [4.69, 9.17) is 17.3 Å². The maximum absolute atomic E-state index is 12.2. The number of aromatic hydroxyl groups is 2. The van der Waals surface area contributed by atoms with E-state index < -0.39 is 5.91 Å². The van der Waals surface area contributed by atoms with Gasteiger partial charge in [-0.25, -0.2) is 0 Å². The molecule has 1 aliphatic heterocycles. The third-order valence-corrected chi connectivity index (χ3v) is 6.77. The summed E-state index contributed by atoms with van der Waals surface area (Å²) in [5, 5.41) is 29.4. The first kappa shape index (κ1) is 25.0. The summed E-state index contributed by atoms with van der Waals surface area (Å²) in [5.74, 6) is -0.920. The Morgan fingerprint density at radius 3 is 2.34 bits per heavy atom. The maximum atomic E-state index is 12.2. The third-order valence-electron chi connectivity index (χ3n) is 6.46. The molecule has 4 rings (SSSR count). The van der Waals surface area contributed by atoms with Gasteiger partial charge in [-0.1, -0.05) is 38.4 Å². The highest BCUT2D eigenvalue weighted by molar-refractivity contribution is 6.32. The van der Waals surface area contributed by atoms with E-state index in [9.17, 15) is 15.0 Å². The normalized spacial score (nSPS) is 15.1. The third kappa shape index (κ3) is 5.12. The number of nitrogens with zero attached hydrogens (tertiary/aromatic N) is 5. The first-order valence-corrected chi connectivity index (χ1v) is 12.1. The Balaban J connectivity index is 1.72. The van der Waals surface area contributed by atoms with E-state index in [1.807, 2.05) is 26.0 Å². The van der Waals surface area contributed by atoms with Gasteiger partial charge in [0.1, 0.15) is 11.5 Å². The number of amides is 1. The Kier molecular flexibility index (Phi) is 7.30. The fraction of sp³-hybridized carbons (Fsp3) is 0.400. The van der Waals surface area contributed by atoms with Gasteiger partial charge in [-0.3, -0.25) is 14.3 Å². The Morgan fingerprint density at radius 2 is 1.74 bits per heavy atom. The standard InChI is InChI=1S/C25H31ClN6O3/c1-4-30-7-9-31(10-8-30)14-16-5-6-20(19(26)11-16)32-24(28-29-25(32)23(27)35)18-12-17(15(2)3)21(33)13-22(18)34/h5-6,11-13,15,33-34H,4,7-10,14H2,1-3H3,(H2,27,35). The zero-order valence-corrected chi connectivity index (χ0v) is 21.0. The van der Waals surface area contributed by atoms with Crippen LogP contribution in [-0.2, 0) is 6.54 Å². The summed E-state index contributed by atoms with van der Waals surface area (Å²) >= 11 is 6.71. The lowest BCUT2D eigenvalue weighted by molar-refractivity contribution is 0.0988. The van der Waals surface area contributed by atoms with Gasteiger partial charge in [0, 0.05) is 38.8 Å². The average Bonchev–Trinajstić information content (AvgIpc) is 3.24. The van der Waals surface area contributed by atoms with E-state index in [0.717, 1.165) is 44.8 Å². The molecular weight excluding hydrogens is 468 g/mol. The molecule has 0 radical (unpaired) electrons. The van der Waals surface area contributed by atoms with Crippen molar-refractivity contribution in [1.29, 1.82) is 0 Å². The molecule has 0 spiro atoms. The molecule has 10 heteroatoms.